The lowest BCUT2D eigenvalue weighted by molar-refractivity contribution is 0.381. The van der Waals surface area contributed by atoms with E-state index in [1.54, 1.807) is 0 Å². The minimum Gasteiger partial charge on any atom is -0.354 e. The zero-order chi connectivity index (χ0) is 60.5. The highest BCUT2D eigenvalue weighted by atomic mass is 32.1. The minimum atomic E-state index is -2.62. The van der Waals surface area contributed by atoms with Gasteiger partial charge in [-0.05, 0) is 90.4 Å². The Hall–Kier alpha value is -9.92. The van der Waals surface area contributed by atoms with Crippen molar-refractivity contribution in [3.63, 3.8) is 0 Å². The fourth-order valence-corrected chi connectivity index (χ4v) is 10.5. The van der Waals surface area contributed by atoms with Crippen LogP contribution >= 0.6 is 11.3 Å². The molecule has 8 heterocycles. The lowest BCUT2D eigenvalue weighted by Crippen LogP contribution is -2.05. The lowest BCUT2D eigenvalue weighted by atomic mass is 10.0. The van der Waals surface area contributed by atoms with Crippen molar-refractivity contribution >= 4 is 82.0 Å². The Morgan fingerprint density at radius 3 is 0.741 bits per heavy atom. The molecule has 0 aliphatic carbocycles. The van der Waals surface area contributed by atoms with Crippen LogP contribution in [0.3, 0.4) is 0 Å². The van der Waals surface area contributed by atoms with E-state index in [-0.39, 0.29) is 33.2 Å². The molecule has 0 radical (unpaired) electrons. The van der Waals surface area contributed by atoms with Crippen molar-refractivity contribution < 1.29 is 87.8 Å². The number of halogens is 20. The molecule has 85 heavy (non-hydrogen) atoms. The van der Waals surface area contributed by atoms with E-state index in [1.165, 1.54) is 17.5 Å². The van der Waals surface area contributed by atoms with Gasteiger partial charge in [-0.15, -0.1) is 11.3 Å². The molecule has 4 aromatic heterocycles. The van der Waals surface area contributed by atoms with Crippen molar-refractivity contribution in [3.05, 3.63) is 210 Å². The molecular weight excluding hydrogens is 1190 g/mol. The third-order valence-electron chi connectivity index (χ3n) is 13.5. The number of nitrogens with one attached hydrogen (secondary N) is 2. The van der Waals surface area contributed by atoms with Crippen LogP contribution in [-0.4, -0.2) is 29.9 Å². The molecule has 0 saturated heterocycles. The normalized spacial score (nSPS) is 12.5. The van der Waals surface area contributed by atoms with Crippen molar-refractivity contribution in [3.8, 4) is 54.9 Å². The molecule has 0 saturated carbocycles. The monoisotopic (exact) mass is 1210 g/mol. The van der Waals surface area contributed by atoms with Gasteiger partial charge in [0.1, 0.15) is 0 Å². The third-order valence-corrected chi connectivity index (χ3v) is 14.4. The third kappa shape index (κ3) is 8.64. The summed E-state index contributed by atoms with van der Waals surface area (Å²) in [6.07, 6.45) is 7.95. The van der Waals surface area contributed by atoms with Gasteiger partial charge in [-0.1, -0.05) is 6.07 Å². The predicted octanol–water partition coefficient (Wildman–Crippen LogP) is 17.8. The summed E-state index contributed by atoms with van der Waals surface area (Å²) in [6.45, 7) is 0. The number of thiophene rings is 1. The first kappa shape index (κ1) is 55.6. The standard InChI is InChI=1S/C58H18F20N6S/c59-39-35(40(60)48(68)55(75)47(39)67)31-21-5-3-17(79-21)16-18-4-6-22(80-18)32(36-41(61)49(69)56(76)50(70)42(36)62)24-12-14-28(84-24)34(38-45(65)53(73)58(78)54(74)46(38)66)26-10-8-20(82-26)30(29-2-1-15-85-29)19-7-9-25(81-19)33(27-13-11-23(31)83-27)37-43(63)51(71)57(77)52(72)44(37)64/h1-16,83-84H. The van der Waals surface area contributed by atoms with Crippen LogP contribution in [0.5, 0.6) is 0 Å². The van der Waals surface area contributed by atoms with E-state index in [1.807, 2.05) is 0 Å². The highest BCUT2D eigenvalue weighted by Crippen LogP contribution is 2.45. The van der Waals surface area contributed by atoms with Crippen LogP contribution in [0.4, 0.5) is 87.8 Å². The molecule has 0 atom stereocenters. The van der Waals surface area contributed by atoms with E-state index in [0.717, 1.165) is 90.3 Å². The van der Waals surface area contributed by atoms with Gasteiger partial charge in [0, 0.05) is 54.8 Å². The number of benzene rings is 4. The zero-order valence-corrected chi connectivity index (χ0v) is 41.8. The summed E-state index contributed by atoms with van der Waals surface area (Å²) in [5.41, 5.74) is -18.1. The van der Waals surface area contributed by atoms with Gasteiger partial charge >= 0.3 is 0 Å². The number of fused-ring (bicyclic) bond motifs is 12. The fraction of sp³-hybridized carbons (Fsp3) is 0. The van der Waals surface area contributed by atoms with Gasteiger partial charge in [-0.3, -0.25) is 0 Å². The van der Waals surface area contributed by atoms with Crippen molar-refractivity contribution in [1.29, 1.82) is 0 Å². The molecule has 12 rings (SSSR count). The number of H-pyrrole nitrogens is 2. The number of hydrogen-bond donors (Lipinski definition) is 2. The Morgan fingerprint density at radius 2 is 0.482 bits per heavy atom. The lowest BCUT2D eigenvalue weighted by Gasteiger charge is -2.11. The van der Waals surface area contributed by atoms with Crippen LogP contribution in [0.1, 0.15) is 45.6 Å². The molecule has 0 fully saturated rings. The maximum Gasteiger partial charge on any atom is 0.200 e. The Kier molecular flexibility index (Phi) is 13.4. The van der Waals surface area contributed by atoms with E-state index in [9.17, 15) is 17.6 Å². The van der Waals surface area contributed by atoms with Crippen LogP contribution in [0.2, 0.25) is 0 Å². The largest absolute Gasteiger partial charge is 0.354 e. The van der Waals surface area contributed by atoms with E-state index < -0.39 is 206 Å². The van der Waals surface area contributed by atoms with Gasteiger partial charge in [0.25, 0.3) is 0 Å². The van der Waals surface area contributed by atoms with Gasteiger partial charge in [0.2, 0.25) is 23.3 Å². The Bertz CT molecular complexity index is 4450. The van der Waals surface area contributed by atoms with Crippen molar-refractivity contribution in [2.24, 2.45) is 0 Å². The van der Waals surface area contributed by atoms with Gasteiger partial charge in [-0.2, -0.15) is 0 Å². The summed E-state index contributed by atoms with van der Waals surface area (Å²) in [5.74, 6) is -50.2. The molecule has 0 amide bonds. The van der Waals surface area contributed by atoms with Crippen molar-refractivity contribution in [2.45, 2.75) is 0 Å². The first-order chi connectivity index (χ1) is 40.5. The summed E-state index contributed by atoms with van der Waals surface area (Å²) in [6, 6.07) is 7.13. The van der Waals surface area contributed by atoms with Crippen molar-refractivity contribution in [2.75, 3.05) is 0 Å². The summed E-state index contributed by atoms with van der Waals surface area (Å²) >= 11 is 0.923. The predicted molar refractivity (Wildman–Crippen MR) is 272 cm³/mol. The Balaban J connectivity index is 1.31. The number of aromatic nitrogens is 6. The molecule has 0 spiro atoms. The summed E-state index contributed by atoms with van der Waals surface area (Å²) < 4.78 is 309. The van der Waals surface area contributed by atoms with Crippen LogP contribution in [0.25, 0.3) is 126 Å². The second-order valence-electron chi connectivity index (χ2n) is 18.3. The number of hydrogen-bond acceptors (Lipinski definition) is 5. The molecule has 2 N–H and O–H groups in total. The quantitative estimate of drug-likeness (QED) is 0.102. The van der Waals surface area contributed by atoms with Gasteiger partial charge in [0.15, 0.2) is 93.1 Å². The Morgan fingerprint density at radius 1 is 0.247 bits per heavy atom. The van der Waals surface area contributed by atoms with Gasteiger partial charge in [0.05, 0.1) is 67.8 Å². The van der Waals surface area contributed by atoms with Gasteiger partial charge < -0.3 is 9.97 Å². The summed E-state index contributed by atoms with van der Waals surface area (Å²) in [4.78, 5) is 22.4. The van der Waals surface area contributed by atoms with Crippen LogP contribution in [0, 0.1) is 116 Å². The number of aromatic amines is 2. The number of rotatable bonds is 5. The SMILES string of the molecule is Fc1c(F)c(F)c(-c2c3nc(cc4nc(c(-c5c(F)c(F)c(F)c(F)c5F)c5ccc([nH]5)c(-c5c(F)c(F)c(F)c(F)c5F)c5nc(c(-c6cccs6)c6nc(c(-c7c(F)c(F)c(F)c(F)c7F)c7ccc2[nH]7)C=C6)C=C5)C=C4)C=C3)c(F)c1F. The van der Waals surface area contributed by atoms with Crippen LogP contribution < -0.4 is 0 Å². The summed E-state index contributed by atoms with van der Waals surface area (Å²) in [5, 5.41) is 1.48. The average Bonchev–Trinajstić information content (AvgIpc) is 2.02. The zero-order valence-electron chi connectivity index (χ0n) is 41.0. The topological polar surface area (TPSA) is 83.1 Å². The molecular formula is C58H18F20N6S. The molecule has 4 aliphatic rings. The van der Waals surface area contributed by atoms with E-state index in [4.69, 9.17) is 0 Å². The van der Waals surface area contributed by atoms with E-state index in [2.05, 4.69) is 29.9 Å². The average molecular weight is 1210 g/mol. The molecule has 8 aromatic rings. The van der Waals surface area contributed by atoms with E-state index >= 15 is 70.2 Å². The summed E-state index contributed by atoms with van der Waals surface area (Å²) in [7, 11) is 0. The molecule has 0 unspecified atom stereocenters. The maximum absolute atomic E-state index is 16.2. The molecule has 426 valence electrons. The van der Waals surface area contributed by atoms with E-state index in [0.29, 0.717) is 0 Å². The first-order valence-electron chi connectivity index (χ1n) is 23.8. The van der Waals surface area contributed by atoms with Gasteiger partial charge in [-0.25, -0.2) is 108 Å². The number of nitrogens with zero attached hydrogens (tertiary/aromatic N) is 4. The minimum absolute atomic E-state index is 0.153. The maximum atomic E-state index is 16.2. The molecule has 4 aromatic carbocycles. The van der Waals surface area contributed by atoms with Crippen LogP contribution in [-0.2, 0) is 0 Å². The highest BCUT2D eigenvalue weighted by Gasteiger charge is 2.35. The fourth-order valence-electron chi connectivity index (χ4n) is 9.71. The highest BCUT2D eigenvalue weighted by molar-refractivity contribution is 7.13. The molecule has 12 bridgehead atoms. The second-order valence-corrected chi connectivity index (χ2v) is 19.2. The van der Waals surface area contributed by atoms with Crippen LogP contribution in [0.15, 0.2) is 47.8 Å². The second kappa shape index (κ2) is 20.5. The van der Waals surface area contributed by atoms with Crippen molar-refractivity contribution in [1.82, 2.24) is 29.9 Å². The molecule has 6 nitrogen and oxygen atoms in total. The Labute approximate surface area is 463 Å². The molecule has 4 aliphatic heterocycles. The first-order valence-corrected chi connectivity index (χ1v) is 24.6. The molecule has 27 heteroatoms. The smallest absolute Gasteiger partial charge is 0.200 e.